The Balaban J connectivity index is 1.94. The van der Waals surface area contributed by atoms with E-state index in [0.717, 1.165) is 16.5 Å². The van der Waals surface area contributed by atoms with Gasteiger partial charge in [-0.2, -0.15) is 0 Å². The molecule has 3 aromatic rings. The first-order chi connectivity index (χ1) is 10.1. The number of aromatic nitrogens is 2. The fraction of sp³-hybridized carbons (Fsp3) is 0.0625. The molecule has 2 aromatic heterocycles. The van der Waals surface area contributed by atoms with Gasteiger partial charge in [0.25, 0.3) is 0 Å². The van der Waals surface area contributed by atoms with Crippen LogP contribution in [0.15, 0.2) is 48.8 Å². The molecule has 5 heteroatoms. The summed E-state index contributed by atoms with van der Waals surface area (Å²) in [5, 5.41) is 10.5. The Kier molecular flexibility index (Phi) is 3.54. The van der Waals surface area contributed by atoms with Gasteiger partial charge in [0.15, 0.2) is 0 Å². The van der Waals surface area contributed by atoms with Crippen molar-refractivity contribution >= 4 is 28.5 Å². The highest BCUT2D eigenvalue weighted by Crippen LogP contribution is 2.19. The number of hydrogen-bond acceptors (Lipinski definition) is 3. The zero-order valence-electron chi connectivity index (χ0n) is 11.0. The van der Waals surface area contributed by atoms with E-state index in [9.17, 15) is 4.79 Å². The molecule has 0 aliphatic rings. The molecule has 0 aliphatic carbocycles. The van der Waals surface area contributed by atoms with Crippen LogP contribution in [-0.2, 0) is 6.42 Å². The maximum absolute atomic E-state index is 11.0. The Bertz CT molecular complexity index is 833. The predicted molar refractivity (Wildman–Crippen MR) is 80.8 cm³/mol. The van der Waals surface area contributed by atoms with Gasteiger partial charge in [-0.15, -0.1) is 0 Å². The highest BCUT2D eigenvalue weighted by atomic mass is 35.5. The third-order valence-corrected chi connectivity index (χ3v) is 3.37. The van der Waals surface area contributed by atoms with E-state index < -0.39 is 5.97 Å². The number of hydrogen-bond donors (Lipinski definition) is 1. The van der Waals surface area contributed by atoms with Crippen LogP contribution in [0.5, 0.6) is 0 Å². The largest absolute Gasteiger partial charge is 0.478 e. The van der Waals surface area contributed by atoms with E-state index in [2.05, 4.69) is 9.97 Å². The lowest BCUT2D eigenvalue weighted by Crippen LogP contribution is -2.00. The van der Waals surface area contributed by atoms with Crippen molar-refractivity contribution in [2.24, 2.45) is 0 Å². The quantitative estimate of drug-likeness (QED) is 0.803. The molecule has 4 nitrogen and oxygen atoms in total. The van der Waals surface area contributed by atoms with Gasteiger partial charge >= 0.3 is 5.97 Å². The van der Waals surface area contributed by atoms with Gasteiger partial charge in [0.1, 0.15) is 0 Å². The molecule has 1 N–H and O–H groups in total. The first kappa shape index (κ1) is 13.5. The number of pyridine rings is 2. The number of nitrogens with zero attached hydrogens (tertiary/aromatic N) is 2. The molecule has 0 fully saturated rings. The van der Waals surface area contributed by atoms with Crippen LogP contribution in [-0.4, -0.2) is 21.0 Å². The van der Waals surface area contributed by atoms with Crippen molar-refractivity contribution in [3.8, 4) is 0 Å². The minimum atomic E-state index is -0.951. The SMILES string of the molecule is O=C(O)c1ccnc(Cc2ccc3ncc(Cl)cc3c2)c1. The number of carbonyl (C=O) groups is 1. The standard InChI is InChI=1S/C16H11ClN2O2/c17-13-7-12-5-10(1-2-15(12)19-9-13)6-14-8-11(16(20)21)3-4-18-14/h1-5,7-9H,6H2,(H,20,21). The van der Waals surface area contributed by atoms with Crippen molar-refractivity contribution < 1.29 is 9.90 Å². The maximum atomic E-state index is 11.0. The minimum Gasteiger partial charge on any atom is -0.478 e. The van der Waals surface area contributed by atoms with Crippen LogP contribution in [0, 0.1) is 0 Å². The third kappa shape index (κ3) is 3.01. The Labute approximate surface area is 126 Å². The number of fused-ring (bicyclic) bond motifs is 1. The number of benzene rings is 1. The van der Waals surface area contributed by atoms with Crippen molar-refractivity contribution in [1.82, 2.24) is 9.97 Å². The first-order valence-corrected chi connectivity index (χ1v) is 6.72. The van der Waals surface area contributed by atoms with Crippen molar-refractivity contribution in [1.29, 1.82) is 0 Å². The fourth-order valence-electron chi connectivity index (χ4n) is 2.18. The number of carboxylic acid groups (broad SMARTS) is 1. The van der Waals surface area contributed by atoms with Gasteiger partial charge in [0.2, 0.25) is 0 Å². The molecule has 0 amide bonds. The highest BCUT2D eigenvalue weighted by Gasteiger charge is 2.06. The molecule has 0 spiro atoms. The van der Waals surface area contributed by atoms with Crippen LogP contribution in [0.25, 0.3) is 10.9 Å². The topological polar surface area (TPSA) is 63.1 Å². The summed E-state index contributed by atoms with van der Waals surface area (Å²) in [6.07, 6.45) is 3.68. The molecule has 3 rings (SSSR count). The molecular weight excluding hydrogens is 288 g/mol. The maximum Gasteiger partial charge on any atom is 0.335 e. The van der Waals surface area contributed by atoms with Gasteiger partial charge in [0.05, 0.1) is 16.1 Å². The number of rotatable bonds is 3. The molecule has 0 bridgehead atoms. The van der Waals surface area contributed by atoms with Crippen LogP contribution in [0.4, 0.5) is 0 Å². The van der Waals surface area contributed by atoms with Crippen LogP contribution in [0.2, 0.25) is 5.02 Å². The Morgan fingerprint density at radius 1 is 1.14 bits per heavy atom. The molecule has 0 saturated carbocycles. The van der Waals surface area contributed by atoms with Gasteiger partial charge < -0.3 is 5.11 Å². The van der Waals surface area contributed by atoms with E-state index in [0.29, 0.717) is 17.1 Å². The average molecular weight is 299 g/mol. The fourth-order valence-corrected chi connectivity index (χ4v) is 2.35. The smallest absolute Gasteiger partial charge is 0.335 e. The van der Waals surface area contributed by atoms with Crippen LogP contribution >= 0.6 is 11.6 Å². The molecular formula is C16H11ClN2O2. The van der Waals surface area contributed by atoms with E-state index in [-0.39, 0.29) is 5.56 Å². The van der Waals surface area contributed by atoms with E-state index in [1.165, 1.54) is 12.3 Å². The lowest BCUT2D eigenvalue weighted by molar-refractivity contribution is 0.0696. The van der Waals surface area contributed by atoms with Crippen molar-refractivity contribution in [3.63, 3.8) is 0 Å². The van der Waals surface area contributed by atoms with Crippen LogP contribution < -0.4 is 0 Å². The van der Waals surface area contributed by atoms with E-state index in [1.54, 1.807) is 12.3 Å². The molecule has 0 saturated heterocycles. The second kappa shape index (κ2) is 5.50. The summed E-state index contributed by atoms with van der Waals surface area (Å²) in [5.74, 6) is -0.951. The molecule has 21 heavy (non-hydrogen) atoms. The van der Waals surface area contributed by atoms with Crippen molar-refractivity contribution in [2.75, 3.05) is 0 Å². The van der Waals surface area contributed by atoms with E-state index in [4.69, 9.17) is 16.7 Å². The molecule has 0 atom stereocenters. The van der Waals surface area contributed by atoms with Crippen LogP contribution in [0.1, 0.15) is 21.6 Å². The average Bonchev–Trinajstić information content (AvgIpc) is 2.47. The highest BCUT2D eigenvalue weighted by molar-refractivity contribution is 6.31. The van der Waals surface area contributed by atoms with Gasteiger partial charge in [0, 0.05) is 29.9 Å². The molecule has 2 heterocycles. The second-order valence-electron chi connectivity index (χ2n) is 4.70. The lowest BCUT2D eigenvalue weighted by Gasteiger charge is -2.04. The predicted octanol–water partition coefficient (Wildman–Crippen LogP) is 3.57. The molecule has 0 aliphatic heterocycles. The molecule has 0 unspecified atom stereocenters. The van der Waals surface area contributed by atoms with E-state index >= 15 is 0 Å². The Hall–Kier alpha value is -2.46. The molecule has 104 valence electrons. The van der Waals surface area contributed by atoms with Crippen molar-refractivity contribution in [2.45, 2.75) is 6.42 Å². The summed E-state index contributed by atoms with van der Waals surface area (Å²) < 4.78 is 0. The number of halogens is 1. The molecule has 1 aromatic carbocycles. The first-order valence-electron chi connectivity index (χ1n) is 6.34. The normalized spacial score (nSPS) is 10.7. The minimum absolute atomic E-state index is 0.241. The summed E-state index contributed by atoms with van der Waals surface area (Å²) in [7, 11) is 0. The Morgan fingerprint density at radius 2 is 2.00 bits per heavy atom. The van der Waals surface area contributed by atoms with Crippen LogP contribution in [0.3, 0.4) is 0 Å². The Morgan fingerprint density at radius 3 is 2.81 bits per heavy atom. The zero-order chi connectivity index (χ0) is 14.8. The summed E-state index contributed by atoms with van der Waals surface area (Å²) in [6, 6.07) is 10.8. The number of aromatic carboxylic acids is 1. The number of carboxylic acids is 1. The summed E-state index contributed by atoms with van der Waals surface area (Å²) in [5.41, 5.74) is 2.85. The van der Waals surface area contributed by atoms with Gasteiger partial charge in [-0.1, -0.05) is 17.7 Å². The summed E-state index contributed by atoms with van der Waals surface area (Å²) in [4.78, 5) is 19.4. The lowest BCUT2D eigenvalue weighted by atomic mass is 10.1. The van der Waals surface area contributed by atoms with Crippen molar-refractivity contribution in [3.05, 3.63) is 70.6 Å². The van der Waals surface area contributed by atoms with Gasteiger partial charge in [-0.3, -0.25) is 9.97 Å². The summed E-state index contributed by atoms with van der Waals surface area (Å²) >= 11 is 5.95. The third-order valence-electron chi connectivity index (χ3n) is 3.16. The van der Waals surface area contributed by atoms with Gasteiger partial charge in [-0.25, -0.2) is 4.79 Å². The zero-order valence-corrected chi connectivity index (χ0v) is 11.7. The van der Waals surface area contributed by atoms with Gasteiger partial charge in [-0.05, 0) is 35.9 Å². The monoisotopic (exact) mass is 298 g/mol. The summed E-state index contributed by atoms with van der Waals surface area (Å²) in [6.45, 7) is 0. The van der Waals surface area contributed by atoms with E-state index in [1.807, 2.05) is 24.3 Å². The molecule has 0 radical (unpaired) electrons. The second-order valence-corrected chi connectivity index (χ2v) is 5.13.